The molecule has 0 spiro atoms. The standard InChI is InChI=1S/C15H24BrN3O/c1-5-7-17-14-13(9-12(16)10-18-14)15(20)19(4)8-6-11(2)3/h9-11H,5-8H2,1-4H3,(H,17,18). The van der Waals surface area contributed by atoms with E-state index in [0.717, 1.165) is 30.4 Å². The fourth-order valence-electron chi connectivity index (χ4n) is 1.75. The monoisotopic (exact) mass is 341 g/mol. The van der Waals surface area contributed by atoms with Gasteiger partial charge in [0.25, 0.3) is 5.91 Å². The van der Waals surface area contributed by atoms with Gasteiger partial charge in [0, 0.05) is 30.8 Å². The van der Waals surface area contributed by atoms with E-state index < -0.39 is 0 Å². The van der Waals surface area contributed by atoms with Crippen molar-refractivity contribution in [1.29, 1.82) is 0 Å². The lowest BCUT2D eigenvalue weighted by molar-refractivity contribution is 0.0789. The van der Waals surface area contributed by atoms with E-state index in [9.17, 15) is 4.79 Å². The first-order chi connectivity index (χ1) is 9.45. The van der Waals surface area contributed by atoms with Gasteiger partial charge < -0.3 is 10.2 Å². The summed E-state index contributed by atoms with van der Waals surface area (Å²) in [7, 11) is 1.84. The van der Waals surface area contributed by atoms with E-state index in [1.807, 2.05) is 13.1 Å². The van der Waals surface area contributed by atoms with E-state index in [1.54, 1.807) is 11.1 Å². The molecule has 20 heavy (non-hydrogen) atoms. The summed E-state index contributed by atoms with van der Waals surface area (Å²) in [5, 5.41) is 3.21. The highest BCUT2D eigenvalue weighted by Crippen LogP contribution is 2.20. The summed E-state index contributed by atoms with van der Waals surface area (Å²) >= 11 is 3.38. The molecule has 0 saturated heterocycles. The van der Waals surface area contributed by atoms with Crippen LogP contribution in [0.2, 0.25) is 0 Å². The molecule has 0 fully saturated rings. The van der Waals surface area contributed by atoms with Gasteiger partial charge in [-0.1, -0.05) is 20.8 Å². The number of hydrogen-bond acceptors (Lipinski definition) is 3. The molecule has 0 radical (unpaired) electrons. The normalized spacial score (nSPS) is 10.7. The van der Waals surface area contributed by atoms with Crippen molar-refractivity contribution in [2.45, 2.75) is 33.6 Å². The van der Waals surface area contributed by atoms with Crippen LogP contribution in [0.15, 0.2) is 16.7 Å². The number of nitrogens with zero attached hydrogens (tertiary/aromatic N) is 2. The number of nitrogens with one attached hydrogen (secondary N) is 1. The third kappa shape index (κ3) is 5.12. The van der Waals surface area contributed by atoms with Gasteiger partial charge >= 0.3 is 0 Å². The molecule has 0 unspecified atom stereocenters. The summed E-state index contributed by atoms with van der Waals surface area (Å²) in [6, 6.07) is 1.83. The Hall–Kier alpha value is -1.10. The Bertz CT molecular complexity index is 449. The maximum Gasteiger partial charge on any atom is 0.257 e. The van der Waals surface area contributed by atoms with E-state index in [2.05, 4.69) is 47.0 Å². The number of aromatic nitrogens is 1. The Morgan fingerprint density at radius 2 is 2.20 bits per heavy atom. The molecule has 0 aliphatic rings. The first-order valence-corrected chi connectivity index (χ1v) is 7.89. The van der Waals surface area contributed by atoms with E-state index in [-0.39, 0.29) is 5.91 Å². The second-order valence-electron chi connectivity index (χ2n) is 5.39. The van der Waals surface area contributed by atoms with Crippen molar-refractivity contribution >= 4 is 27.7 Å². The molecule has 1 heterocycles. The third-order valence-electron chi connectivity index (χ3n) is 3.02. The van der Waals surface area contributed by atoms with Crippen molar-refractivity contribution in [3.05, 3.63) is 22.3 Å². The largest absolute Gasteiger partial charge is 0.369 e. The quantitative estimate of drug-likeness (QED) is 0.820. The van der Waals surface area contributed by atoms with Crippen LogP contribution in [0.1, 0.15) is 44.0 Å². The molecule has 1 amide bonds. The number of carbonyl (C=O) groups is 1. The highest BCUT2D eigenvalue weighted by Gasteiger charge is 2.17. The fraction of sp³-hybridized carbons (Fsp3) is 0.600. The first kappa shape index (κ1) is 17.0. The summed E-state index contributed by atoms with van der Waals surface area (Å²) < 4.78 is 0.820. The van der Waals surface area contributed by atoms with Crippen LogP contribution in [0.3, 0.4) is 0 Å². The fourth-order valence-corrected chi connectivity index (χ4v) is 2.08. The van der Waals surface area contributed by atoms with Gasteiger partial charge in [-0.2, -0.15) is 0 Å². The van der Waals surface area contributed by atoms with Gasteiger partial charge in [-0.05, 0) is 40.8 Å². The molecular formula is C15H24BrN3O. The number of rotatable bonds is 7. The summed E-state index contributed by atoms with van der Waals surface area (Å²) in [6.07, 6.45) is 3.71. The molecule has 1 N–H and O–H groups in total. The second-order valence-corrected chi connectivity index (χ2v) is 6.30. The zero-order valence-electron chi connectivity index (χ0n) is 12.7. The molecule has 1 aromatic heterocycles. The number of hydrogen-bond donors (Lipinski definition) is 1. The van der Waals surface area contributed by atoms with Gasteiger partial charge in [-0.25, -0.2) is 4.98 Å². The maximum absolute atomic E-state index is 12.5. The van der Waals surface area contributed by atoms with Crippen molar-refractivity contribution in [2.24, 2.45) is 5.92 Å². The lowest BCUT2D eigenvalue weighted by atomic mass is 10.1. The van der Waals surface area contributed by atoms with Gasteiger partial charge in [0.05, 0.1) is 5.56 Å². The first-order valence-electron chi connectivity index (χ1n) is 7.10. The molecule has 0 bridgehead atoms. The minimum atomic E-state index is 0.0121. The van der Waals surface area contributed by atoms with Crippen LogP contribution in [-0.4, -0.2) is 35.9 Å². The van der Waals surface area contributed by atoms with Gasteiger partial charge in [0.2, 0.25) is 0 Å². The number of anilines is 1. The molecule has 0 atom stereocenters. The summed E-state index contributed by atoms with van der Waals surface area (Å²) in [6.45, 7) is 7.98. The minimum absolute atomic E-state index is 0.0121. The molecule has 1 aromatic rings. The SMILES string of the molecule is CCCNc1ncc(Br)cc1C(=O)N(C)CCC(C)C. The average molecular weight is 342 g/mol. The molecule has 0 aromatic carbocycles. The Morgan fingerprint density at radius 1 is 1.50 bits per heavy atom. The highest BCUT2D eigenvalue weighted by molar-refractivity contribution is 9.10. The van der Waals surface area contributed by atoms with E-state index >= 15 is 0 Å². The van der Waals surface area contributed by atoms with Gasteiger partial charge in [-0.15, -0.1) is 0 Å². The predicted octanol–water partition coefficient (Wildman–Crippen LogP) is 3.78. The zero-order valence-corrected chi connectivity index (χ0v) is 14.3. The minimum Gasteiger partial charge on any atom is -0.369 e. The lowest BCUT2D eigenvalue weighted by Gasteiger charge is -2.20. The highest BCUT2D eigenvalue weighted by atomic mass is 79.9. The maximum atomic E-state index is 12.5. The Balaban J connectivity index is 2.86. The van der Waals surface area contributed by atoms with Crippen molar-refractivity contribution < 1.29 is 4.79 Å². The lowest BCUT2D eigenvalue weighted by Crippen LogP contribution is -2.29. The third-order valence-corrected chi connectivity index (χ3v) is 3.45. The molecule has 0 aliphatic heterocycles. The van der Waals surface area contributed by atoms with Crippen molar-refractivity contribution in [2.75, 3.05) is 25.5 Å². The smallest absolute Gasteiger partial charge is 0.257 e. The van der Waals surface area contributed by atoms with Crippen LogP contribution in [0.4, 0.5) is 5.82 Å². The molecule has 0 saturated carbocycles. The predicted molar refractivity (Wildman–Crippen MR) is 87.1 cm³/mol. The van der Waals surface area contributed by atoms with Gasteiger partial charge in [-0.3, -0.25) is 4.79 Å². The van der Waals surface area contributed by atoms with Crippen molar-refractivity contribution in [3.8, 4) is 0 Å². The average Bonchev–Trinajstić information content (AvgIpc) is 2.42. The summed E-state index contributed by atoms with van der Waals surface area (Å²) in [5.41, 5.74) is 0.624. The van der Waals surface area contributed by atoms with Gasteiger partial charge in [0.15, 0.2) is 0 Å². The van der Waals surface area contributed by atoms with Gasteiger partial charge in [0.1, 0.15) is 5.82 Å². The molecule has 4 nitrogen and oxygen atoms in total. The summed E-state index contributed by atoms with van der Waals surface area (Å²) in [5.74, 6) is 1.26. The Kier molecular flexibility index (Phi) is 6.99. The Morgan fingerprint density at radius 3 is 2.80 bits per heavy atom. The topological polar surface area (TPSA) is 45.2 Å². The second kappa shape index (κ2) is 8.25. The molecular weight excluding hydrogens is 318 g/mol. The van der Waals surface area contributed by atoms with Crippen LogP contribution in [0.5, 0.6) is 0 Å². The molecule has 0 aliphatic carbocycles. The number of halogens is 1. The molecule has 1 rings (SSSR count). The van der Waals surface area contributed by atoms with Crippen molar-refractivity contribution in [3.63, 3.8) is 0 Å². The molecule has 5 heteroatoms. The van der Waals surface area contributed by atoms with Crippen LogP contribution in [-0.2, 0) is 0 Å². The Labute approximate surface area is 130 Å². The summed E-state index contributed by atoms with van der Waals surface area (Å²) in [4.78, 5) is 18.6. The van der Waals surface area contributed by atoms with Crippen LogP contribution in [0.25, 0.3) is 0 Å². The zero-order chi connectivity index (χ0) is 15.1. The van der Waals surface area contributed by atoms with Crippen LogP contribution in [0, 0.1) is 5.92 Å². The van der Waals surface area contributed by atoms with Crippen LogP contribution >= 0.6 is 15.9 Å². The van der Waals surface area contributed by atoms with E-state index in [4.69, 9.17) is 0 Å². The van der Waals surface area contributed by atoms with Crippen molar-refractivity contribution in [1.82, 2.24) is 9.88 Å². The number of amides is 1. The van der Waals surface area contributed by atoms with E-state index in [0.29, 0.717) is 17.3 Å². The molecule has 112 valence electrons. The number of carbonyl (C=O) groups excluding carboxylic acids is 1. The number of pyridine rings is 1. The van der Waals surface area contributed by atoms with E-state index in [1.165, 1.54) is 0 Å². The van der Waals surface area contributed by atoms with Crippen LogP contribution < -0.4 is 5.32 Å².